The van der Waals surface area contributed by atoms with Crippen LogP contribution in [0, 0.1) is 0 Å². The maximum atomic E-state index is 6.44. The van der Waals surface area contributed by atoms with Gasteiger partial charge in [-0.1, -0.05) is 24.4 Å². The van der Waals surface area contributed by atoms with Crippen molar-refractivity contribution in [2.75, 3.05) is 13.3 Å². The average Bonchev–Trinajstić information content (AvgIpc) is 2.88. The van der Waals surface area contributed by atoms with Gasteiger partial charge >= 0.3 is 0 Å². The lowest BCUT2D eigenvalue weighted by molar-refractivity contribution is -0.0164. The summed E-state index contributed by atoms with van der Waals surface area (Å²) >= 11 is 6.44. The summed E-state index contributed by atoms with van der Waals surface area (Å²) in [6.07, 6.45) is 4.71. The van der Waals surface area contributed by atoms with Crippen LogP contribution in [0.15, 0.2) is 12.1 Å². The van der Waals surface area contributed by atoms with Crippen molar-refractivity contribution in [2.24, 2.45) is 5.73 Å². The van der Waals surface area contributed by atoms with E-state index in [9.17, 15) is 0 Å². The van der Waals surface area contributed by atoms with Gasteiger partial charge in [0.1, 0.15) is 5.75 Å². The number of hydrogen-bond acceptors (Lipinski definition) is 3. The van der Waals surface area contributed by atoms with Crippen molar-refractivity contribution < 1.29 is 9.47 Å². The number of halogens is 1. The Hall–Kier alpha value is -0.770. The molecule has 1 aromatic rings. The number of ether oxygens (including phenoxy) is 2. The molecule has 98 valence electrons. The SMILES string of the molecule is NCC1(c2cc3c(cc2Cl)COCO3)CCCC1. The van der Waals surface area contributed by atoms with Crippen LogP contribution in [0.5, 0.6) is 5.75 Å². The molecule has 0 atom stereocenters. The standard InChI is InChI=1S/C14H18ClNO2/c15-12-5-10-7-17-9-18-13(10)6-11(12)14(8-16)3-1-2-4-14/h5-6H,1-4,7-9,16H2. The molecule has 4 heteroatoms. The molecule has 1 aliphatic carbocycles. The van der Waals surface area contributed by atoms with Crippen LogP contribution in [0.1, 0.15) is 36.8 Å². The third-order valence-electron chi connectivity index (χ3n) is 4.23. The zero-order chi connectivity index (χ0) is 12.6. The Morgan fingerprint density at radius 2 is 2.06 bits per heavy atom. The van der Waals surface area contributed by atoms with E-state index in [4.69, 9.17) is 26.8 Å². The van der Waals surface area contributed by atoms with E-state index in [2.05, 4.69) is 6.07 Å². The summed E-state index contributed by atoms with van der Waals surface area (Å²) in [7, 11) is 0. The van der Waals surface area contributed by atoms with Gasteiger partial charge in [0.2, 0.25) is 0 Å². The van der Waals surface area contributed by atoms with E-state index >= 15 is 0 Å². The largest absolute Gasteiger partial charge is 0.467 e. The van der Waals surface area contributed by atoms with Crippen LogP contribution in [0.2, 0.25) is 5.02 Å². The van der Waals surface area contributed by atoms with E-state index < -0.39 is 0 Å². The van der Waals surface area contributed by atoms with Crippen LogP contribution < -0.4 is 10.5 Å². The highest BCUT2D eigenvalue weighted by molar-refractivity contribution is 6.31. The van der Waals surface area contributed by atoms with E-state index in [1.165, 1.54) is 12.8 Å². The van der Waals surface area contributed by atoms with Crippen molar-refractivity contribution in [3.05, 3.63) is 28.3 Å². The highest BCUT2D eigenvalue weighted by Gasteiger charge is 2.36. The minimum absolute atomic E-state index is 0.0494. The topological polar surface area (TPSA) is 44.5 Å². The predicted octanol–water partition coefficient (Wildman–Crippen LogP) is 2.98. The molecule has 1 aliphatic heterocycles. The van der Waals surface area contributed by atoms with Crippen LogP contribution in [0.3, 0.4) is 0 Å². The summed E-state index contributed by atoms with van der Waals surface area (Å²) in [4.78, 5) is 0. The normalized spacial score (nSPS) is 21.4. The molecule has 0 spiro atoms. The van der Waals surface area contributed by atoms with Crippen LogP contribution in [-0.4, -0.2) is 13.3 Å². The zero-order valence-electron chi connectivity index (χ0n) is 10.4. The fraction of sp³-hybridized carbons (Fsp3) is 0.571. The molecule has 18 heavy (non-hydrogen) atoms. The molecule has 0 aromatic heterocycles. The molecule has 2 aliphatic rings. The summed E-state index contributed by atoms with van der Waals surface area (Å²) in [6, 6.07) is 4.06. The van der Waals surface area contributed by atoms with E-state index in [-0.39, 0.29) is 5.41 Å². The molecule has 0 radical (unpaired) electrons. The molecular formula is C14H18ClNO2. The molecule has 3 nitrogen and oxygen atoms in total. The molecule has 0 amide bonds. The van der Waals surface area contributed by atoms with Gasteiger partial charge in [-0.05, 0) is 30.5 Å². The second-order valence-electron chi connectivity index (χ2n) is 5.24. The molecule has 1 fully saturated rings. The quantitative estimate of drug-likeness (QED) is 0.896. The zero-order valence-corrected chi connectivity index (χ0v) is 11.1. The average molecular weight is 268 g/mol. The first kappa shape index (κ1) is 12.3. The number of fused-ring (bicyclic) bond motifs is 1. The van der Waals surface area contributed by atoms with E-state index in [0.717, 1.165) is 34.7 Å². The van der Waals surface area contributed by atoms with Crippen molar-refractivity contribution in [1.29, 1.82) is 0 Å². The van der Waals surface area contributed by atoms with Gasteiger partial charge in [0.25, 0.3) is 0 Å². The smallest absolute Gasteiger partial charge is 0.189 e. The lowest BCUT2D eigenvalue weighted by Crippen LogP contribution is -2.32. The van der Waals surface area contributed by atoms with Crippen LogP contribution in [-0.2, 0) is 16.8 Å². The Morgan fingerprint density at radius 3 is 2.78 bits per heavy atom. The summed E-state index contributed by atoms with van der Waals surface area (Å²) in [5.41, 5.74) is 8.26. The first-order valence-corrected chi connectivity index (χ1v) is 6.86. The van der Waals surface area contributed by atoms with E-state index in [0.29, 0.717) is 19.9 Å². The lowest BCUT2D eigenvalue weighted by atomic mass is 9.78. The number of nitrogens with two attached hydrogens (primary N) is 1. The lowest BCUT2D eigenvalue weighted by Gasteiger charge is -2.30. The molecule has 3 rings (SSSR count). The molecule has 1 heterocycles. The Morgan fingerprint density at radius 1 is 1.28 bits per heavy atom. The fourth-order valence-corrected chi connectivity index (χ4v) is 3.53. The molecule has 2 N–H and O–H groups in total. The Bertz CT molecular complexity index is 455. The second-order valence-corrected chi connectivity index (χ2v) is 5.65. The minimum atomic E-state index is 0.0494. The van der Waals surface area contributed by atoms with E-state index in [1.807, 2.05) is 6.07 Å². The molecule has 1 aromatic carbocycles. The minimum Gasteiger partial charge on any atom is -0.467 e. The van der Waals surface area contributed by atoms with Crippen LogP contribution in [0.4, 0.5) is 0 Å². The maximum absolute atomic E-state index is 6.44. The van der Waals surface area contributed by atoms with Crippen molar-refractivity contribution >= 4 is 11.6 Å². The maximum Gasteiger partial charge on any atom is 0.189 e. The molecular weight excluding hydrogens is 250 g/mol. The molecule has 1 saturated carbocycles. The van der Waals surface area contributed by atoms with Crippen molar-refractivity contribution in [3.63, 3.8) is 0 Å². The third-order valence-corrected chi connectivity index (χ3v) is 4.54. The highest BCUT2D eigenvalue weighted by atomic mass is 35.5. The van der Waals surface area contributed by atoms with Gasteiger partial charge < -0.3 is 15.2 Å². The van der Waals surface area contributed by atoms with Gasteiger partial charge in [-0.15, -0.1) is 0 Å². The first-order valence-electron chi connectivity index (χ1n) is 6.49. The summed E-state index contributed by atoms with van der Waals surface area (Å²) < 4.78 is 10.8. The van der Waals surface area contributed by atoms with Gasteiger partial charge in [-0.3, -0.25) is 0 Å². The summed E-state index contributed by atoms with van der Waals surface area (Å²) in [6.45, 7) is 1.55. The number of hydrogen-bond donors (Lipinski definition) is 1. The van der Waals surface area contributed by atoms with Crippen LogP contribution in [0.25, 0.3) is 0 Å². The predicted molar refractivity (Wildman–Crippen MR) is 70.9 cm³/mol. The number of rotatable bonds is 2. The van der Waals surface area contributed by atoms with Gasteiger partial charge in [0, 0.05) is 22.5 Å². The summed E-state index contributed by atoms with van der Waals surface area (Å²) in [5.74, 6) is 0.903. The van der Waals surface area contributed by atoms with E-state index in [1.54, 1.807) is 0 Å². The Labute approximate surface area is 112 Å². The van der Waals surface area contributed by atoms with Crippen molar-refractivity contribution in [2.45, 2.75) is 37.7 Å². The second kappa shape index (κ2) is 4.72. The van der Waals surface area contributed by atoms with Gasteiger partial charge in [-0.2, -0.15) is 0 Å². The Balaban J connectivity index is 2.05. The van der Waals surface area contributed by atoms with Gasteiger partial charge in [0.15, 0.2) is 6.79 Å². The Kier molecular flexibility index (Phi) is 3.22. The van der Waals surface area contributed by atoms with Crippen molar-refractivity contribution in [1.82, 2.24) is 0 Å². The van der Waals surface area contributed by atoms with Crippen LogP contribution >= 0.6 is 11.6 Å². The third kappa shape index (κ3) is 1.91. The van der Waals surface area contributed by atoms with Gasteiger partial charge in [-0.25, -0.2) is 0 Å². The molecule has 0 saturated heterocycles. The van der Waals surface area contributed by atoms with Gasteiger partial charge in [0.05, 0.1) is 6.61 Å². The highest BCUT2D eigenvalue weighted by Crippen LogP contribution is 2.45. The first-order chi connectivity index (χ1) is 8.75. The monoisotopic (exact) mass is 267 g/mol. The molecule has 0 unspecified atom stereocenters. The molecule has 0 bridgehead atoms. The summed E-state index contributed by atoms with van der Waals surface area (Å²) in [5, 5.41) is 0.801. The van der Waals surface area contributed by atoms with Crippen molar-refractivity contribution in [3.8, 4) is 5.75 Å². The number of benzene rings is 1. The fourth-order valence-electron chi connectivity index (χ4n) is 3.14.